The average molecular weight is 363 g/mol. The van der Waals surface area contributed by atoms with E-state index < -0.39 is 11.9 Å². The molecule has 1 fully saturated rings. The van der Waals surface area contributed by atoms with Crippen LogP contribution in [0.5, 0.6) is 11.5 Å². The van der Waals surface area contributed by atoms with Gasteiger partial charge in [0.1, 0.15) is 4.32 Å². The normalized spacial score (nSPS) is 15.7. The van der Waals surface area contributed by atoms with Gasteiger partial charge in [0, 0.05) is 13.8 Å². The first-order valence-corrected chi connectivity index (χ1v) is 8.00. The zero-order valence-electron chi connectivity index (χ0n) is 12.8. The van der Waals surface area contributed by atoms with Crippen LogP contribution in [0.1, 0.15) is 19.4 Å². The molecule has 0 radical (unpaired) electrons. The first kappa shape index (κ1) is 17.9. The first-order valence-electron chi connectivity index (χ1n) is 6.77. The Hall–Kier alpha value is -2.45. The van der Waals surface area contributed by atoms with Crippen molar-refractivity contribution in [3.63, 3.8) is 0 Å². The van der Waals surface area contributed by atoms with Gasteiger partial charge in [-0.25, -0.2) is 0 Å². The van der Waals surface area contributed by atoms with Gasteiger partial charge in [-0.2, -0.15) is 0 Å². The molecule has 124 valence electrons. The fourth-order valence-corrected chi connectivity index (χ4v) is 2.78. The van der Waals surface area contributed by atoms with E-state index in [9.17, 15) is 14.4 Å². The Balaban J connectivity index is 2.21. The molecule has 0 bridgehead atoms. The van der Waals surface area contributed by atoms with E-state index in [1.165, 1.54) is 31.7 Å². The molecule has 1 aliphatic heterocycles. The topological polar surface area (TPSA) is 81.7 Å². The van der Waals surface area contributed by atoms with E-state index >= 15 is 0 Å². The smallest absolute Gasteiger partial charge is 0.308 e. The van der Waals surface area contributed by atoms with Crippen molar-refractivity contribution >= 4 is 52.2 Å². The monoisotopic (exact) mass is 363 g/mol. The van der Waals surface area contributed by atoms with E-state index in [0.29, 0.717) is 14.8 Å². The predicted octanol–water partition coefficient (Wildman–Crippen LogP) is 2.58. The molecule has 1 heterocycles. The molecule has 0 aliphatic carbocycles. The van der Waals surface area contributed by atoms with Crippen LogP contribution in [0, 0.1) is 0 Å². The number of nitrogens with one attached hydrogen (secondary N) is 1. The molecule has 0 aromatic heterocycles. The summed E-state index contributed by atoms with van der Waals surface area (Å²) in [5.41, 5.74) is 0.699. The molecule has 6 nitrogen and oxygen atoms in total. The summed E-state index contributed by atoms with van der Waals surface area (Å²) in [5, 5.41) is 2.52. The third-order valence-corrected chi connectivity index (χ3v) is 3.83. The predicted molar refractivity (Wildman–Crippen MR) is 94.5 cm³/mol. The summed E-state index contributed by atoms with van der Waals surface area (Å²) in [6.07, 6.45) is 5.02. The molecule has 0 atom stereocenters. The summed E-state index contributed by atoms with van der Waals surface area (Å²) >= 11 is 6.08. The third-order valence-electron chi connectivity index (χ3n) is 2.65. The van der Waals surface area contributed by atoms with Crippen molar-refractivity contribution in [3.8, 4) is 11.5 Å². The molecule has 0 saturated carbocycles. The van der Waals surface area contributed by atoms with Crippen LogP contribution in [0.4, 0.5) is 0 Å². The van der Waals surface area contributed by atoms with Crippen molar-refractivity contribution < 1.29 is 23.9 Å². The molecule has 1 aromatic rings. The van der Waals surface area contributed by atoms with Gasteiger partial charge >= 0.3 is 11.9 Å². The van der Waals surface area contributed by atoms with Gasteiger partial charge in [0.2, 0.25) is 0 Å². The largest absolute Gasteiger partial charge is 0.423 e. The highest BCUT2D eigenvalue weighted by Crippen LogP contribution is 2.29. The van der Waals surface area contributed by atoms with Gasteiger partial charge in [-0.1, -0.05) is 42.2 Å². The summed E-state index contributed by atoms with van der Waals surface area (Å²) in [5.74, 6) is -0.984. The molecule has 1 amide bonds. The van der Waals surface area contributed by atoms with Gasteiger partial charge in [0.05, 0.1) is 4.91 Å². The highest BCUT2D eigenvalue weighted by molar-refractivity contribution is 8.26. The van der Waals surface area contributed by atoms with E-state index in [0.717, 1.165) is 0 Å². The fourth-order valence-electron chi connectivity index (χ4n) is 1.78. The molecule has 2 rings (SSSR count). The highest BCUT2D eigenvalue weighted by Gasteiger charge is 2.21. The summed E-state index contributed by atoms with van der Waals surface area (Å²) in [6.45, 7) is 2.51. The maximum atomic E-state index is 11.5. The number of thioether (sulfide) groups is 1. The van der Waals surface area contributed by atoms with Gasteiger partial charge in [-0.3, -0.25) is 14.4 Å². The standard InChI is InChI=1S/C16H13NO5S2/c1-9(18)21-12-7-6-11(8-13(12)22-10(2)19)4-3-5-14-15(20)17-16(23)24-14/h3-8H,1-2H3,(H,17,20,23)/b4-3+,14-5-. The zero-order valence-corrected chi connectivity index (χ0v) is 14.5. The molecule has 0 unspecified atom stereocenters. The SMILES string of the molecule is CC(=O)Oc1ccc(/C=C/C=C2\SC(=S)NC2=O)cc1OC(C)=O. The van der Waals surface area contributed by atoms with Gasteiger partial charge < -0.3 is 14.8 Å². The Morgan fingerprint density at radius 2 is 1.83 bits per heavy atom. The average Bonchev–Trinajstić information content (AvgIpc) is 2.79. The van der Waals surface area contributed by atoms with Crippen LogP contribution in [0.25, 0.3) is 6.08 Å². The highest BCUT2D eigenvalue weighted by atomic mass is 32.2. The number of carbonyl (C=O) groups is 3. The number of thiocarbonyl (C=S) groups is 1. The first-order chi connectivity index (χ1) is 11.3. The second-order valence-corrected chi connectivity index (χ2v) is 6.35. The lowest BCUT2D eigenvalue weighted by Gasteiger charge is -2.09. The van der Waals surface area contributed by atoms with Crippen LogP contribution >= 0.6 is 24.0 Å². The van der Waals surface area contributed by atoms with Crippen molar-refractivity contribution in [3.05, 3.63) is 40.8 Å². The maximum Gasteiger partial charge on any atom is 0.308 e. The van der Waals surface area contributed by atoms with Crippen LogP contribution in [0.15, 0.2) is 35.3 Å². The summed E-state index contributed by atoms with van der Waals surface area (Å²) in [4.78, 5) is 34.3. The lowest BCUT2D eigenvalue weighted by Crippen LogP contribution is -2.17. The molecule has 1 aromatic carbocycles. The van der Waals surface area contributed by atoms with E-state index in [1.54, 1.807) is 30.4 Å². The molecule has 8 heteroatoms. The Morgan fingerprint density at radius 1 is 1.17 bits per heavy atom. The zero-order chi connectivity index (χ0) is 17.7. The molecule has 1 aliphatic rings. The van der Waals surface area contributed by atoms with Gasteiger partial charge in [0.15, 0.2) is 11.5 Å². The van der Waals surface area contributed by atoms with Crippen molar-refractivity contribution in [2.75, 3.05) is 0 Å². The number of amides is 1. The van der Waals surface area contributed by atoms with Crippen LogP contribution in [0.2, 0.25) is 0 Å². The molecular formula is C16H13NO5S2. The van der Waals surface area contributed by atoms with Crippen molar-refractivity contribution in [2.45, 2.75) is 13.8 Å². The number of hydrogen-bond donors (Lipinski definition) is 1. The molecule has 1 N–H and O–H groups in total. The van der Waals surface area contributed by atoms with Crippen LogP contribution in [0.3, 0.4) is 0 Å². The fraction of sp³-hybridized carbons (Fsp3) is 0.125. The van der Waals surface area contributed by atoms with Gasteiger partial charge in [-0.05, 0) is 23.8 Å². The van der Waals surface area contributed by atoms with E-state index in [-0.39, 0.29) is 17.4 Å². The minimum absolute atomic E-state index is 0.140. The number of ether oxygens (including phenoxy) is 2. The van der Waals surface area contributed by atoms with Crippen molar-refractivity contribution in [1.29, 1.82) is 0 Å². The van der Waals surface area contributed by atoms with Crippen LogP contribution in [-0.4, -0.2) is 22.2 Å². The molecule has 24 heavy (non-hydrogen) atoms. The number of rotatable bonds is 4. The minimum Gasteiger partial charge on any atom is -0.423 e. The summed E-state index contributed by atoms with van der Waals surface area (Å²) in [7, 11) is 0. The summed E-state index contributed by atoms with van der Waals surface area (Å²) < 4.78 is 10.5. The number of carbonyl (C=O) groups excluding carboxylic acids is 3. The van der Waals surface area contributed by atoms with Crippen molar-refractivity contribution in [1.82, 2.24) is 5.32 Å². The Bertz CT molecular complexity index is 783. The van der Waals surface area contributed by atoms with Crippen LogP contribution in [-0.2, 0) is 14.4 Å². The lowest BCUT2D eigenvalue weighted by molar-refractivity contribution is -0.134. The number of allylic oxidation sites excluding steroid dienone is 2. The molecule has 0 spiro atoms. The Kier molecular flexibility index (Phi) is 5.88. The number of esters is 2. The van der Waals surface area contributed by atoms with Gasteiger partial charge in [0.25, 0.3) is 5.91 Å². The van der Waals surface area contributed by atoms with Crippen molar-refractivity contribution in [2.24, 2.45) is 0 Å². The maximum absolute atomic E-state index is 11.5. The number of benzene rings is 1. The second-order valence-electron chi connectivity index (χ2n) is 4.63. The Morgan fingerprint density at radius 3 is 2.42 bits per heavy atom. The lowest BCUT2D eigenvalue weighted by atomic mass is 10.2. The van der Waals surface area contributed by atoms with Gasteiger partial charge in [-0.15, -0.1) is 0 Å². The quantitative estimate of drug-likeness (QED) is 0.381. The molecule has 1 saturated heterocycles. The second kappa shape index (κ2) is 7.89. The number of hydrogen-bond acceptors (Lipinski definition) is 7. The summed E-state index contributed by atoms with van der Waals surface area (Å²) in [6, 6.07) is 4.77. The third kappa shape index (κ3) is 5.04. The van der Waals surface area contributed by atoms with E-state index in [1.807, 2.05) is 0 Å². The van der Waals surface area contributed by atoms with Crippen LogP contribution < -0.4 is 14.8 Å². The molecular weight excluding hydrogens is 350 g/mol. The van der Waals surface area contributed by atoms with E-state index in [2.05, 4.69) is 5.32 Å². The minimum atomic E-state index is -0.529. The Labute approximate surface area is 147 Å². The van der Waals surface area contributed by atoms with E-state index in [4.69, 9.17) is 21.7 Å².